The van der Waals surface area contributed by atoms with E-state index < -0.39 is 17.2 Å². The maximum atomic E-state index is 13.5. The summed E-state index contributed by atoms with van der Waals surface area (Å²) in [6.45, 7) is 5.61. The predicted octanol–water partition coefficient (Wildman–Crippen LogP) is 3.05. The largest absolute Gasteiger partial charge is 0.462 e. The van der Waals surface area contributed by atoms with Gasteiger partial charge in [-0.25, -0.2) is 13.9 Å². The van der Waals surface area contributed by atoms with E-state index >= 15 is 0 Å². The number of carbonyl (C=O) groups is 2. The molecule has 0 bridgehead atoms. The highest BCUT2D eigenvalue weighted by atomic mass is 19.1. The first kappa shape index (κ1) is 16.9. The molecule has 2 rings (SSSR count). The van der Waals surface area contributed by atoms with Gasteiger partial charge < -0.3 is 9.53 Å². The van der Waals surface area contributed by atoms with Crippen molar-refractivity contribution < 1.29 is 18.7 Å². The lowest BCUT2D eigenvalue weighted by Crippen LogP contribution is -2.25. The fraction of sp³-hybridized carbons (Fsp3) is 0.353. The van der Waals surface area contributed by atoms with Crippen molar-refractivity contribution in [1.82, 2.24) is 9.78 Å². The van der Waals surface area contributed by atoms with Gasteiger partial charge in [0.25, 0.3) is 0 Å². The van der Waals surface area contributed by atoms with Gasteiger partial charge in [0, 0.05) is 11.8 Å². The number of hydrogen-bond acceptors (Lipinski definition) is 4. The molecule has 23 heavy (non-hydrogen) atoms. The second-order valence-electron chi connectivity index (χ2n) is 5.77. The maximum absolute atomic E-state index is 13.5. The summed E-state index contributed by atoms with van der Waals surface area (Å²) in [4.78, 5) is 23.2. The highest BCUT2D eigenvalue weighted by molar-refractivity contribution is 5.91. The van der Waals surface area contributed by atoms with Crippen LogP contribution < -0.4 is 0 Å². The number of aldehydes is 1. The lowest BCUT2D eigenvalue weighted by Gasteiger charge is -2.24. The second-order valence-corrected chi connectivity index (χ2v) is 5.77. The van der Waals surface area contributed by atoms with Gasteiger partial charge in [0.1, 0.15) is 17.7 Å². The summed E-state index contributed by atoms with van der Waals surface area (Å²) in [5.74, 6) is -0.918. The lowest BCUT2D eigenvalue weighted by atomic mass is 9.84. The fourth-order valence-electron chi connectivity index (χ4n) is 2.47. The van der Waals surface area contributed by atoms with Crippen LogP contribution in [0.15, 0.2) is 30.5 Å². The molecule has 2 aromatic rings. The number of halogens is 1. The van der Waals surface area contributed by atoms with Gasteiger partial charge in [-0.2, -0.15) is 5.10 Å². The average molecular weight is 318 g/mol. The summed E-state index contributed by atoms with van der Waals surface area (Å²) >= 11 is 0. The molecule has 0 aliphatic rings. The van der Waals surface area contributed by atoms with Gasteiger partial charge in [-0.1, -0.05) is 19.9 Å². The van der Waals surface area contributed by atoms with Crippen molar-refractivity contribution in [3.63, 3.8) is 0 Å². The number of hydrogen-bond donors (Lipinski definition) is 0. The van der Waals surface area contributed by atoms with Gasteiger partial charge in [0.2, 0.25) is 0 Å². The summed E-state index contributed by atoms with van der Waals surface area (Å²) < 4.78 is 20.1. The lowest BCUT2D eigenvalue weighted by molar-refractivity contribution is -0.108. The van der Waals surface area contributed by atoms with E-state index in [4.69, 9.17) is 4.74 Å². The van der Waals surface area contributed by atoms with Crippen molar-refractivity contribution in [2.75, 3.05) is 6.61 Å². The van der Waals surface area contributed by atoms with E-state index in [0.29, 0.717) is 11.4 Å². The molecule has 0 saturated heterocycles. The number of ether oxygens (including phenoxy) is 1. The summed E-state index contributed by atoms with van der Waals surface area (Å²) in [7, 11) is 0. The van der Waals surface area contributed by atoms with Crippen molar-refractivity contribution in [3.8, 4) is 5.69 Å². The van der Waals surface area contributed by atoms with E-state index in [1.54, 1.807) is 19.1 Å². The van der Waals surface area contributed by atoms with Gasteiger partial charge in [-0.05, 0) is 25.1 Å². The molecule has 122 valence electrons. The molecule has 1 aromatic carbocycles. The van der Waals surface area contributed by atoms with Gasteiger partial charge >= 0.3 is 5.97 Å². The summed E-state index contributed by atoms with van der Waals surface area (Å²) in [5.41, 5.74) is 0.623. The van der Waals surface area contributed by atoms with Crippen LogP contribution in [0.5, 0.6) is 0 Å². The highest BCUT2D eigenvalue weighted by Crippen LogP contribution is 2.31. The third-order valence-corrected chi connectivity index (χ3v) is 3.55. The van der Waals surface area contributed by atoms with Crippen LogP contribution in [0, 0.1) is 5.82 Å². The molecule has 0 N–H and O–H groups in total. The molecule has 0 spiro atoms. The molecule has 6 heteroatoms. The zero-order valence-electron chi connectivity index (χ0n) is 13.4. The van der Waals surface area contributed by atoms with E-state index in [0.717, 1.165) is 6.29 Å². The first-order chi connectivity index (χ1) is 10.9. The van der Waals surface area contributed by atoms with Crippen molar-refractivity contribution in [2.24, 2.45) is 0 Å². The molecular weight excluding hydrogens is 299 g/mol. The minimum atomic E-state index is -0.660. The molecule has 0 fully saturated rings. The van der Waals surface area contributed by atoms with E-state index in [9.17, 15) is 14.0 Å². The Morgan fingerprint density at radius 3 is 2.78 bits per heavy atom. The molecule has 0 amide bonds. The van der Waals surface area contributed by atoms with Crippen LogP contribution in [0.1, 0.15) is 43.2 Å². The average Bonchev–Trinajstić information content (AvgIpc) is 2.93. The Morgan fingerprint density at radius 1 is 1.43 bits per heavy atom. The summed E-state index contributed by atoms with van der Waals surface area (Å²) in [6, 6.07) is 5.90. The van der Waals surface area contributed by atoms with Crippen LogP contribution in [0.3, 0.4) is 0 Å². The number of aromatic nitrogens is 2. The molecule has 0 aliphatic heterocycles. The molecule has 1 aromatic heterocycles. The van der Waals surface area contributed by atoms with Crippen molar-refractivity contribution in [2.45, 2.75) is 32.6 Å². The third kappa shape index (κ3) is 3.47. The van der Waals surface area contributed by atoms with Crippen LogP contribution >= 0.6 is 0 Å². The Labute approximate surface area is 134 Å². The van der Waals surface area contributed by atoms with Crippen LogP contribution in [-0.4, -0.2) is 28.6 Å². The topological polar surface area (TPSA) is 61.2 Å². The van der Waals surface area contributed by atoms with Crippen LogP contribution in [-0.2, 0) is 14.9 Å². The highest BCUT2D eigenvalue weighted by Gasteiger charge is 2.32. The second kappa shape index (κ2) is 6.73. The number of carbonyl (C=O) groups excluding carboxylic acids is 2. The molecule has 0 saturated carbocycles. The van der Waals surface area contributed by atoms with Crippen molar-refractivity contribution >= 4 is 12.3 Å². The zero-order valence-corrected chi connectivity index (χ0v) is 13.4. The van der Waals surface area contributed by atoms with Gasteiger partial charge in [-0.3, -0.25) is 0 Å². The molecule has 0 unspecified atom stereocenters. The van der Waals surface area contributed by atoms with Crippen molar-refractivity contribution in [1.29, 1.82) is 0 Å². The van der Waals surface area contributed by atoms with E-state index in [1.807, 2.05) is 13.8 Å². The minimum Gasteiger partial charge on any atom is -0.462 e. The Kier molecular flexibility index (Phi) is 4.93. The zero-order chi connectivity index (χ0) is 17.0. The number of rotatable bonds is 6. The standard InChI is InChI=1S/C17H19FN2O3/c1-4-23-16(22)14-11-19-20(13-7-5-6-12(18)10-13)15(14)17(2,3)8-9-21/h5-7,9-11H,4,8H2,1-3H3. The normalized spacial score (nSPS) is 11.3. The Morgan fingerprint density at radius 2 is 2.17 bits per heavy atom. The molecule has 5 nitrogen and oxygen atoms in total. The SMILES string of the molecule is CCOC(=O)c1cnn(-c2cccc(F)c2)c1C(C)(C)CC=O. The summed E-state index contributed by atoms with van der Waals surface area (Å²) in [5, 5.41) is 4.21. The first-order valence-electron chi connectivity index (χ1n) is 7.36. The minimum absolute atomic E-state index is 0.195. The van der Waals surface area contributed by atoms with Gasteiger partial charge in [0.05, 0.1) is 24.2 Å². The van der Waals surface area contributed by atoms with Crippen molar-refractivity contribution in [3.05, 3.63) is 47.5 Å². The maximum Gasteiger partial charge on any atom is 0.341 e. The van der Waals surface area contributed by atoms with Crippen LogP contribution in [0.4, 0.5) is 4.39 Å². The molecule has 1 heterocycles. The van der Waals surface area contributed by atoms with Crippen LogP contribution in [0.2, 0.25) is 0 Å². The smallest absolute Gasteiger partial charge is 0.341 e. The van der Waals surface area contributed by atoms with E-state index in [1.165, 1.54) is 23.0 Å². The Hall–Kier alpha value is -2.50. The fourth-order valence-corrected chi connectivity index (χ4v) is 2.47. The number of benzene rings is 1. The number of nitrogens with zero attached hydrogens (tertiary/aromatic N) is 2. The van der Waals surface area contributed by atoms with E-state index in [2.05, 4.69) is 5.10 Å². The predicted molar refractivity (Wildman–Crippen MR) is 83.2 cm³/mol. The third-order valence-electron chi connectivity index (χ3n) is 3.55. The Balaban J connectivity index is 2.64. The quantitative estimate of drug-likeness (QED) is 0.606. The molecular formula is C17H19FN2O3. The Bertz CT molecular complexity index is 722. The molecule has 0 atom stereocenters. The molecule has 0 radical (unpaired) electrons. The van der Waals surface area contributed by atoms with Gasteiger partial charge in [-0.15, -0.1) is 0 Å². The van der Waals surface area contributed by atoms with Gasteiger partial charge in [0.15, 0.2) is 0 Å². The monoisotopic (exact) mass is 318 g/mol. The van der Waals surface area contributed by atoms with Crippen LogP contribution in [0.25, 0.3) is 5.69 Å². The summed E-state index contributed by atoms with van der Waals surface area (Å²) in [6.07, 6.45) is 2.38. The molecule has 0 aliphatic carbocycles. The van der Waals surface area contributed by atoms with E-state index in [-0.39, 0.29) is 18.6 Å². The first-order valence-corrected chi connectivity index (χ1v) is 7.36. The number of esters is 1.